The summed E-state index contributed by atoms with van der Waals surface area (Å²) in [7, 11) is 0. The minimum atomic E-state index is 0.291. The molecule has 1 aliphatic rings. The Morgan fingerprint density at radius 1 is 1.43 bits per heavy atom. The Hall–Kier alpha value is -0.330. The fourth-order valence-electron chi connectivity index (χ4n) is 2.76. The average molecular weight is 196 g/mol. The summed E-state index contributed by atoms with van der Waals surface area (Å²) in [6.07, 6.45) is 3.79. The highest BCUT2D eigenvalue weighted by Crippen LogP contribution is 2.60. The van der Waals surface area contributed by atoms with Crippen LogP contribution in [0.15, 0.2) is 0 Å². The van der Waals surface area contributed by atoms with Gasteiger partial charge < -0.3 is 0 Å². The first-order chi connectivity index (χ1) is 6.41. The van der Waals surface area contributed by atoms with Crippen molar-refractivity contribution in [1.82, 2.24) is 0 Å². The molecule has 0 saturated heterocycles. The Morgan fingerprint density at radius 2 is 2.00 bits per heavy atom. The van der Waals surface area contributed by atoms with Gasteiger partial charge in [-0.1, -0.05) is 40.5 Å². The van der Waals surface area contributed by atoms with Crippen molar-refractivity contribution in [3.63, 3.8) is 0 Å². The molecule has 82 valence electrons. The van der Waals surface area contributed by atoms with Crippen LogP contribution in [0.3, 0.4) is 0 Å². The van der Waals surface area contributed by atoms with Gasteiger partial charge in [-0.3, -0.25) is 4.79 Å². The number of carbonyl (C=O) groups excluding carboxylic acids is 1. The second kappa shape index (κ2) is 4.04. The Kier molecular flexibility index (Phi) is 3.39. The molecule has 0 aromatic carbocycles. The molecule has 14 heavy (non-hydrogen) atoms. The predicted molar refractivity (Wildman–Crippen MR) is 60.1 cm³/mol. The molecule has 1 nitrogen and oxygen atoms in total. The van der Waals surface area contributed by atoms with E-state index >= 15 is 0 Å². The maximum Gasteiger partial charge on any atom is 0.133 e. The molecule has 0 radical (unpaired) electrons. The third kappa shape index (κ3) is 2.18. The Labute approximate surface area is 88.3 Å². The van der Waals surface area contributed by atoms with Crippen LogP contribution in [-0.4, -0.2) is 5.78 Å². The molecule has 0 N–H and O–H groups in total. The lowest BCUT2D eigenvalue weighted by molar-refractivity contribution is -0.119. The van der Waals surface area contributed by atoms with E-state index < -0.39 is 0 Å². The summed E-state index contributed by atoms with van der Waals surface area (Å²) in [5.41, 5.74) is 0.291. The monoisotopic (exact) mass is 196 g/mol. The highest BCUT2D eigenvalue weighted by molar-refractivity contribution is 5.82. The smallest absolute Gasteiger partial charge is 0.133 e. The molecule has 0 bridgehead atoms. The maximum absolute atomic E-state index is 11.3. The van der Waals surface area contributed by atoms with Gasteiger partial charge >= 0.3 is 0 Å². The largest absolute Gasteiger partial charge is 0.300 e. The van der Waals surface area contributed by atoms with Gasteiger partial charge in [-0.25, -0.2) is 0 Å². The number of hydrogen-bond donors (Lipinski definition) is 0. The molecule has 0 aromatic heterocycles. The van der Waals surface area contributed by atoms with Gasteiger partial charge in [0.25, 0.3) is 0 Å². The summed E-state index contributed by atoms with van der Waals surface area (Å²) in [5, 5.41) is 0. The first-order valence-electron chi connectivity index (χ1n) is 5.91. The van der Waals surface area contributed by atoms with Gasteiger partial charge in [0, 0.05) is 5.92 Å². The van der Waals surface area contributed by atoms with Crippen molar-refractivity contribution in [2.45, 2.75) is 53.9 Å². The molecule has 3 unspecified atom stereocenters. The normalized spacial score (nSPS) is 31.2. The van der Waals surface area contributed by atoms with Crippen molar-refractivity contribution in [3.8, 4) is 0 Å². The van der Waals surface area contributed by atoms with E-state index in [0.717, 1.165) is 5.92 Å². The molecule has 1 aliphatic carbocycles. The summed E-state index contributed by atoms with van der Waals surface area (Å²) < 4.78 is 0. The van der Waals surface area contributed by atoms with Gasteiger partial charge in [-0.2, -0.15) is 0 Å². The van der Waals surface area contributed by atoms with Crippen molar-refractivity contribution in [3.05, 3.63) is 0 Å². The second-order valence-electron chi connectivity index (χ2n) is 5.61. The first-order valence-corrected chi connectivity index (χ1v) is 5.91. The van der Waals surface area contributed by atoms with E-state index in [-0.39, 0.29) is 0 Å². The Morgan fingerprint density at radius 3 is 2.36 bits per heavy atom. The van der Waals surface area contributed by atoms with Crippen molar-refractivity contribution in [1.29, 1.82) is 0 Å². The summed E-state index contributed by atoms with van der Waals surface area (Å²) >= 11 is 0. The zero-order valence-electron chi connectivity index (χ0n) is 10.3. The van der Waals surface area contributed by atoms with Gasteiger partial charge in [-0.05, 0) is 30.6 Å². The summed E-state index contributed by atoms with van der Waals surface area (Å²) in [6.45, 7) is 10.8. The number of ketones is 1. The van der Waals surface area contributed by atoms with Crippen molar-refractivity contribution < 1.29 is 4.79 Å². The zero-order chi connectivity index (χ0) is 10.9. The lowest BCUT2D eigenvalue weighted by Gasteiger charge is -2.08. The van der Waals surface area contributed by atoms with E-state index in [1.807, 2.05) is 0 Å². The highest BCUT2D eigenvalue weighted by atomic mass is 16.1. The van der Waals surface area contributed by atoms with Crippen LogP contribution in [0.4, 0.5) is 0 Å². The fraction of sp³-hybridized carbons (Fsp3) is 0.923. The summed E-state index contributed by atoms with van der Waals surface area (Å²) in [5.74, 6) is 2.23. The van der Waals surface area contributed by atoms with Crippen LogP contribution in [-0.2, 0) is 4.79 Å². The molecule has 1 saturated carbocycles. The van der Waals surface area contributed by atoms with Crippen LogP contribution in [0.2, 0.25) is 0 Å². The van der Waals surface area contributed by atoms with Crippen LogP contribution in [0.1, 0.15) is 53.9 Å². The molecule has 1 fully saturated rings. The van der Waals surface area contributed by atoms with Gasteiger partial charge in [0.05, 0.1) is 0 Å². The quantitative estimate of drug-likeness (QED) is 0.655. The van der Waals surface area contributed by atoms with E-state index in [0.29, 0.717) is 23.0 Å². The first kappa shape index (κ1) is 11.7. The van der Waals surface area contributed by atoms with E-state index in [1.54, 1.807) is 6.92 Å². The molecule has 0 heterocycles. The number of hydrogen-bond acceptors (Lipinski definition) is 1. The molecule has 1 rings (SSSR count). The second-order valence-corrected chi connectivity index (χ2v) is 5.61. The van der Waals surface area contributed by atoms with Gasteiger partial charge in [0.15, 0.2) is 0 Å². The van der Waals surface area contributed by atoms with Crippen LogP contribution in [0.5, 0.6) is 0 Å². The number of rotatable bonds is 5. The molecular formula is C13H24O. The van der Waals surface area contributed by atoms with Gasteiger partial charge in [0.2, 0.25) is 0 Å². The van der Waals surface area contributed by atoms with Gasteiger partial charge in [-0.15, -0.1) is 0 Å². The van der Waals surface area contributed by atoms with E-state index in [4.69, 9.17) is 0 Å². The molecule has 0 spiro atoms. The van der Waals surface area contributed by atoms with Crippen molar-refractivity contribution >= 4 is 5.78 Å². The maximum atomic E-state index is 11.3. The number of Topliss-reactive ketones (excluding diaryl/α,β-unsaturated/α-hetero) is 1. The fourth-order valence-corrected chi connectivity index (χ4v) is 2.76. The van der Waals surface area contributed by atoms with Crippen molar-refractivity contribution in [2.75, 3.05) is 0 Å². The third-order valence-corrected chi connectivity index (χ3v) is 4.16. The molecule has 0 aliphatic heterocycles. The molecular weight excluding hydrogens is 172 g/mol. The van der Waals surface area contributed by atoms with Crippen LogP contribution in [0, 0.1) is 23.2 Å². The molecule has 1 heteroatoms. The molecule has 3 atom stereocenters. The Balaban J connectivity index is 2.38. The lowest BCUT2D eigenvalue weighted by atomic mass is 9.98. The van der Waals surface area contributed by atoms with E-state index in [2.05, 4.69) is 27.7 Å². The topological polar surface area (TPSA) is 17.1 Å². The van der Waals surface area contributed by atoms with Crippen LogP contribution < -0.4 is 0 Å². The van der Waals surface area contributed by atoms with Crippen LogP contribution in [0.25, 0.3) is 0 Å². The van der Waals surface area contributed by atoms with Gasteiger partial charge in [0.1, 0.15) is 5.78 Å². The lowest BCUT2D eigenvalue weighted by Crippen LogP contribution is -1.99. The minimum Gasteiger partial charge on any atom is -0.300 e. The minimum absolute atomic E-state index is 0.291. The van der Waals surface area contributed by atoms with Crippen molar-refractivity contribution in [2.24, 2.45) is 23.2 Å². The molecule has 0 aromatic rings. The SMILES string of the molecule is CCC(C)CCC1C(C(C)=O)C1(C)C. The number of carbonyl (C=O) groups is 1. The van der Waals surface area contributed by atoms with E-state index in [1.165, 1.54) is 19.3 Å². The average Bonchev–Trinajstić information content (AvgIpc) is 2.64. The Bertz CT molecular complexity index is 217. The molecule has 0 amide bonds. The predicted octanol–water partition coefficient (Wildman–Crippen LogP) is 3.67. The van der Waals surface area contributed by atoms with Crippen LogP contribution >= 0.6 is 0 Å². The summed E-state index contributed by atoms with van der Waals surface area (Å²) in [4.78, 5) is 11.3. The van der Waals surface area contributed by atoms with E-state index in [9.17, 15) is 4.79 Å². The summed E-state index contributed by atoms with van der Waals surface area (Å²) in [6, 6.07) is 0. The highest BCUT2D eigenvalue weighted by Gasteiger charge is 2.59. The third-order valence-electron chi connectivity index (χ3n) is 4.16. The standard InChI is InChI=1S/C13H24O/c1-6-9(2)7-8-11-12(10(3)14)13(11,4)5/h9,11-12H,6-8H2,1-5H3. The zero-order valence-corrected chi connectivity index (χ0v) is 10.3.